The van der Waals surface area contributed by atoms with E-state index in [2.05, 4.69) is 39.1 Å². The predicted octanol–water partition coefficient (Wildman–Crippen LogP) is 3.14. The second-order valence-corrected chi connectivity index (χ2v) is 5.92. The number of aliphatic hydroxyl groups excluding tert-OH is 2. The maximum absolute atomic E-state index is 9.29. The van der Waals surface area contributed by atoms with Gasteiger partial charge in [0.2, 0.25) is 0 Å². The van der Waals surface area contributed by atoms with Gasteiger partial charge in [0.15, 0.2) is 0 Å². The van der Waals surface area contributed by atoms with Gasteiger partial charge in [0.05, 0.1) is 24.7 Å². The molecule has 0 aliphatic carbocycles. The number of thiol groups is 2. The van der Waals surface area contributed by atoms with Crippen LogP contribution in [0, 0.1) is 0 Å². The van der Waals surface area contributed by atoms with Gasteiger partial charge in [-0.3, -0.25) is 9.59 Å². The highest BCUT2D eigenvalue weighted by atomic mass is 32.1. The van der Waals surface area contributed by atoms with Crippen LogP contribution in [0.4, 0.5) is 0 Å². The van der Waals surface area contributed by atoms with Gasteiger partial charge in [-0.25, -0.2) is 0 Å². The van der Waals surface area contributed by atoms with E-state index in [9.17, 15) is 9.59 Å². The van der Waals surface area contributed by atoms with E-state index in [1.165, 1.54) is 51.4 Å². The molecule has 0 saturated heterocycles. The molecule has 0 aliphatic heterocycles. The van der Waals surface area contributed by atoms with E-state index in [-0.39, 0.29) is 24.7 Å². The molecule has 4 N–H and O–H groups in total. The Morgan fingerprint density at radius 2 is 1.00 bits per heavy atom. The summed E-state index contributed by atoms with van der Waals surface area (Å²) in [6.07, 6.45) is 10.5. The monoisotopic (exact) mass is 432 g/mol. The summed E-state index contributed by atoms with van der Waals surface area (Å²) in [5, 5.41) is 30.5. The molecule has 0 aromatic carbocycles. The normalized spacial score (nSPS) is 8.96. The number of rotatable bonds is 13. The first-order valence-electron chi connectivity index (χ1n) is 9.32. The van der Waals surface area contributed by atoms with Crippen molar-refractivity contribution < 1.29 is 34.8 Å². The minimum absolute atomic E-state index is 0.0833. The van der Waals surface area contributed by atoms with E-state index >= 15 is 0 Å². The van der Waals surface area contributed by atoms with E-state index in [1.54, 1.807) is 0 Å². The van der Waals surface area contributed by atoms with Crippen LogP contribution in [-0.4, -0.2) is 70.3 Å². The molecule has 0 fully saturated rings. The third kappa shape index (κ3) is 67.0. The zero-order chi connectivity index (χ0) is 21.8. The molecule has 0 radical (unpaired) electrons. The topological polar surface area (TPSA) is 124 Å². The molecule has 0 atom stereocenters. The van der Waals surface area contributed by atoms with Crippen molar-refractivity contribution in [1.82, 2.24) is 0 Å². The van der Waals surface area contributed by atoms with Gasteiger partial charge in [0, 0.05) is 13.2 Å². The lowest BCUT2D eigenvalue weighted by Crippen LogP contribution is -1.96. The molecule has 166 valence electrons. The summed E-state index contributed by atoms with van der Waals surface area (Å²) in [6, 6.07) is 0. The SMILES string of the molecule is CCCCCCOCCCCCC.O=C(O)CS.O=C(O)CS.OCCO. The molecule has 0 heterocycles. The summed E-state index contributed by atoms with van der Waals surface area (Å²) in [7, 11) is 0. The van der Waals surface area contributed by atoms with Crippen molar-refractivity contribution >= 4 is 37.2 Å². The number of carboxylic acids is 2. The molecule has 0 aliphatic rings. The van der Waals surface area contributed by atoms with Crippen LogP contribution >= 0.6 is 25.3 Å². The van der Waals surface area contributed by atoms with Gasteiger partial charge in [-0.2, -0.15) is 25.3 Å². The molecule has 0 aromatic heterocycles. The number of aliphatic hydroxyl groups is 2. The van der Waals surface area contributed by atoms with Gasteiger partial charge in [0.1, 0.15) is 0 Å². The smallest absolute Gasteiger partial charge is 0.313 e. The number of carboxylic acid groups (broad SMARTS) is 2. The first-order valence-corrected chi connectivity index (χ1v) is 10.6. The molecule has 7 nitrogen and oxygen atoms in total. The highest BCUT2D eigenvalue weighted by Crippen LogP contribution is 2.01. The Balaban J connectivity index is -0.000000155. The van der Waals surface area contributed by atoms with Gasteiger partial charge < -0.3 is 25.2 Å². The van der Waals surface area contributed by atoms with Gasteiger partial charge in [0.25, 0.3) is 0 Å². The average molecular weight is 433 g/mol. The Kier molecular flexibility index (Phi) is 46.0. The third-order valence-electron chi connectivity index (χ3n) is 2.65. The number of aliphatic carboxylic acids is 2. The van der Waals surface area contributed by atoms with E-state index in [0.29, 0.717) is 0 Å². The summed E-state index contributed by atoms with van der Waals surface area (Å²) in [5.74, 6) is -1.93. The van der Waals surface area contributed by atoms with Crippen LogP contribution < -0.4 is 0 Å². The van der Waals surface area contributed by atoms with E-state index < -0.39 is 11.9 Å². The molecule has 0 unspecified atom stereocenters. The average Bonchev–Trinajstić information content (AvgIpc) is 2.67. The summed E-state index contributed by atoms with van der Waals surface area (Å²) in [6.45, 7) is 6.19. The van der Waals surface area contributed by atoms with Crippen LogP contribution in [0.15, 0.2) is 0 Å². The Bertz CT molecular complexity index is 254. The molecular weight excluding hydrogens is 392 g/mol. The molecule has 0 rings (SSSR count). The van der Waals surface area contributed by atoms with Crippen molar-refractivity contribution in [2.75, 3.05) is 37.9 Å². The van der Waals surface area contributed by atoms with Crippen molar-refractivity contribution in [2.45, 2.75) is 65.2 Å². The second-order valence-electron chi connectivity index (χ2n) is 5.28. The van der Waals surface area contributed by atoms with E-state index in [0.717, 1.165) is 13.2 Å². The largest absolute Gasteiger partial charge is 0.481 e. The maximum atomic E-state index is 9.29. The molecule has 0 spiro atoms. The van der Waals surface area contributed by atoms with Crippen LogP contribution in [0.5, 0.6) is 0 Å². The first kappa shape index (κ1) is 34.1. The molecule has 0 saturated carbocycles. The molecule has 9 heteroatoms. The number of unbranched alkanes of at least 4 members (excludes halogenated alkanes) is 6. The Hall–Kier alpha value is -0.480. The van der Waals surface area contributed by atoms with Crippen molar-refractivity contribution in [3.8, 4) is 0 Å². The Morgan fingerprint density at radius 3 is 1.19 bits per heavy atom. The van der Waals surface area contributed by atoms with Crippen LogP contribution in [0.1, 0.15) is 65.2 Å². The molecule has 27 heavy (non-hydrogen) atoms. The van der Waals surface area contributed by atoms with Crippen molar-refractivity contribution in [1.29, 1.82) is 0 Å². The van der Waals surface area contributed by atoms with Crippen molar-refractivity contribution in [3.05, 3.63) is 0 Å². The van der Waals surface area contributed by atoms with Gasteiger partial charge >= 0.3 is 11.9 Å². The number of ether oxygens (including phenoxy) is 1. The minimum Gasteiger partial charge on any atom is -0.481 e. The van der Waals surface area contributed by atoms with Crippen molar-refractivity contribution in [2.24, 2.45) is 0 Å². The summed E-state index contributed by atoms with van der Waals surface area (Å²) in [5.41, 5.74) is 0. The van der Waals surface area contributed by atoms with Crippen LogP contribution in [0.3, 0.4) is 0 Å². The molecule has 0 aromatic rings. The number of carbonyl (C=O) groups is 2. The second kappa shape index (κ2) is 36.4. The zero-order valence-electron chi connectivity index (χ0n) is 16.8. The summed E-state index contributed by atoms with van der Waals surface area (Å²) < 4.78 is 5.53. The van der Waals surface area contributed by atoms with E-state index in [4.69, 9.17) is 25.2 Å². The van der Waals surface area contributed by atoms with Crippen LogP contribution in [0.25, 0.3) is 0 Å². The Labute approximate surface area is 175 Å². The van der Waals surface area contributed by atoms with E-state index in [1.807, 2.05) is 0 Å². The Morgan fingerprint density at radius 1 is 0.704 bits per heavy atom. The zero-order valence-corrected chi connectivity index (χ0v) is 18.6. The molecule has 0 amide bonds. The molecule has 0 bridgehead atoms. The lowest BCUT2D eigenvalue weighted by atomic mass is 10.2. The fourth-order valence-corrected chi connectivity index (χ4v) is 1.36. The minimum atomic E-state index is -0.881. The fourth-order valence-electron chi connectivity index (χ4n) is 1.36. The summed E-state index contributed by atoms with van der Waals surface area (Å²) in [4.78, 5) is 18.6. The maximum Gasteiger partial charge on any atom is 0.313 e. The quantitative estimate of drug-likeness (QED) is 0.195. The first-order chi connectivity index (χ1) is 12.9. The van der Waals surface area contributed by atoms with Gasteiger partial charge in [-0.05, 0) is 12.8 Å². The summed E-state index contributed by atoms with van der Waals surface area (Å²) >= 11 is 6.83. The lowest BCUT2D eigenvalue weighted by Gasteiger charge is -2.03. The number of hydrogen-bond donors (Lipinski definition) is 6. The highest BCUT2D eigenvalue weighted by molar-refractivity contribution is 7.81. The molecular formula is C18H40O7S2. The predicted molar refractivity (Wildman–Crippen MR) is 116 cm³/mol. The third-order valence-corrected chi connectivity index (χ3v) is 3.20. The lowest BCUT2D eigenvalue weighted by molar-refractivity contribution is -0.134. The van der Waals surface area contributed by atoms with Gasteiger partial charge in [-0.15, -0.1) is 0 Å². The highest BCUT2D eigenvalue weighted by Gasteiger charge is 1.90. The van der Waals surface area contributed by atoms with Gasteiger partial charge in [-0.1, -0.05) is 52.4 Å². The standard InChI is InChI=1S/C12H26O.2C2H4O2S.C2H6O2/c1-3-5-7-9-11-13-12-10-8-6-4-2;2*3-2(4)1-5;3-1-2-4/h3-12H2,1-2H3;2*5H,1H2,(H,3,4);3-4H,1-2H2. The van der Waals surface area contributed by atoms with Crippen LogP contribution in [0.2, 0.25) is 0 Å². The van der Waals surface area contributed by atoms with Crippen LogP contribution in [-0.2, 0) is 14.3 Å². The fraction of sp³-hybridized carbons (Fsp3) is 0.889. The van der Waals surface area contributed by atoms with Crippen molar-refractivity contribution in [3.63, 3.8) is 0 Å². The number of hydrogen-bond acceptors (Lipinski definition) is 7.